The molecule has 12 heavy (non-hydrogen) atoms. The van der Waals surface area contributed by atoms with E-state index >= 15 is 0 Å². The average molecular weight is 164 g/mol. The molecule has 0 aromatic carbocycles. The van der Waals surface area contributed by atoms with E-state index in [9.17, 15) is 0 Å². The van der Waals surface area contributed by atoms with Gasteiger partial charge in [-0.2, -0.15) is 0 Å². The van der Waals surface area contributed by atoms with Crippen LogP contribution in [0, 0.1) is 0 Å². The number of hydrogen-bond donors (Lipinski definition) is 1. The number of hydrogen-bond acceptors (Lipinski definition) is 4. The molecule has 0 radical (unpaired) electrons. The van der Waals surface area contributed by atoms with Gasteiger partial charge in [-0.25, -0.2) is 9.50 Å². The second-order valence-corrected chi connectivity index (χ2v) is 2.34. The third kappa shape index (κ3) is 0.952. The van der Waals surface area contributed by atoms with E-state index in [4.69, 9.17) is 10.5 Å². The van der Waals surface area contributed by atoms with Crippen LogP contribution in [-0.2, 0) is 0 Å². The van der Waals surface area contributed by atoms with E-state index in [1.807, 2.05) is 0 Å². The highest BCUT2D eigenvalue weighted by Gasteiger charge is 1.99. The molecular weight excluding hydrogens is 156 g/mol. The first-order valence-electron chi connectivity index (χ1n) is 3.45. The van der Waals surface area contributed by atoms with Crippen LogP contribution in [0.4, 0.5) is 5.82 Å². The third-order valence-corrected chi connectivity index (χ3v) is 1.52. The van der Waals surface area contributed by atoms with Gasteiger partial charge in [-0.3, -0.25) is 0 Å². The standard InChI is InChI=1S/C7H8N4O/c1-12-7-3-2-6-9-5(8)4-11(6)10-7/h2-4H,8H2,1H3. The highest BCUT2D eigenvalue weighted by atomic mass is 16.5. The fourth-order valence-electron chi connectivity index (χ4n) is 0.992. The van der Waals surface area contributed by atoms with Crippen molar-refractivity contribution < 1.29 is 4.74 Å². The van der Waals surface area contributed by atoms with Crippen LogP contribution in [0.25, 0.3) is 5.65 Å². The van der Waals surface area contributed by atoms with Gasteiger partial charge in [-0.15, -0.1) is 5.10 Å². The summed E-state index contributed by atoms with van der Waals surface area (Å²) in [4.78, 5) is 4.01. The normalized spacial score (nSPS) is 10.4. The summed E-state index contributed by atoms with van der Waals surface area (Å²) in [5.74, 6) is 0.996. The van der Waals surface area contributed by atoms with Crippen LogP contribution in [0.3, 0.4) is 0 Å². The molecule has 5 nitrogen and oxygen atoms in total. The lowest BCUT2D eigenvalue weighted by Gasteiger charge is -1.96. The van der Waals surface area contributed by atoms with Crippen molar-refractivity contribution >= 4 is 11.5 Å². The molecule has 0 aliphatic carbocycles. The Morgan fingerprint density at radius 3 is 3.08 bits per heavy atom. The molecule has 2 aromatic heterocycles. The number of imidazole rings is 1. The number of nitrogens with two attached hydrogens (primary N) is 1. The molecule has 2 rings (SSSR count). The summed E-state index contributed by atoms with van der Waals surface area (Å²) < 4.78 is 6.51. The SMILES string of the molecule is COc1ccc2nc(N)cn2n1. The van der Waals surface area contributed by atoms with Crippen molar-refractivity contribution in [2.45, 2.75) is 0 Å². The van der Waals surface area contributed by atoms with Gasteiger partial charge in [-0.1, -0.05) is 0 Å². The number of rotatable bonds is 1. The molecule has 0 unspecified atom stereocenters. The van der Waals surface area contributed by atoms with Crippen LogP contribution in [-0.4, -0.2) is 21.7 Å². The molecule has 0 saturated carbocycles. The average Bonchev–Trinajstić information content (AvgIpc) is 2.43. The van der Waals surface area contributed by atoms with Crippen molar-refractivity contribution in [1.29, 1.82) is 0 Å². The molecule has 0 saturated heterocycles. The van der Waals surface area contributed by atoms with E-state index in [1.165, 1.54) is 0 Å². The number of fused-ring (bicyclic) bond motifs is 1. The van der Waals surface area contributed by atoms with Gasteiger partial charge in [0.05, 0.1) is 13.3 Å². The fraction of sp³-hybridized carbons (Fsp3) is 0.143. The molecule has 0 spiro atoms. The maximum absolute atomic E-state index is 5.47. The van der Waals surface area contributed by atoms with E-state index in [1.54, 1.807) is 30.0 Å². The largest absolute Gasteiger partial charge is 0.480 e. The maximum atomic E-state index is 5.47. The van der Waals surface area contributed by atoms with Crippen LogP contribution < -0.4 is 10.5 Å². The van der Waals surface area contributed by atoms with Crippen molar-refractivity contribution in [3.63, 3.8) is 0 Å². The van der Waals surface area contributed by atoms with E-state index in [2.05, 4.69) is 10.1 Å². The van der Waals surface area contributed by atoms with Crippen molar-refractivity contribution in [2.75, 3.05) is 12.8 Å². The van der Waals surface area contributed by atoms with Gasteiger partial charge in [0.25, 0.3) is 0 Å². The summed E-state index contributed by atoms with van der Waals surface area (Å²) in [5, 5.41) is 4.07. The fourth-order valence-corrected chi connectivity index (χ4v) is 0.992. The molecule has 0 bridgehead atoms. The van der Waals surface area contributed by atoms with Crippen molar-refractivity contribution in [1.82, 2.24) is 14.6 Å². The van der Waals surface area contributed by atoms with Gasteiger partial charge in [0.2, 0.25) is 5.88 Å². The predicted octanol–water partition coefficient (Wildman–Crippen LogP) is 0.320. The highest BCUT2D eigenvalue weighted by Crippen LogP contribution is 2.09. The highest BCUT2D eigenvalue weighted by molar-refractivity contribution is 5.45. The Balaban J connectivity index is 2.66. The van der Waals surface area contributed by atoms with Crippen LogP contribution in [0.15, 0.2) is 18.3 Å². The first-order valence-corrected chi connectivity index (χ1v) is 3.45. The minimum Gasteiger partial charge on any atom is -0.480 e. The third-order valence-electron chi connectivity index (χ3n) is 1.52. The van der Waals surface area contributed by atoms with E-state index < -0.39 is 0 Å². The Morgan fingerprint density at radius 2 is 2.33 bits per heavy atom. The number of nitrogen functional groups attached to an aromatic ring is 1. The van der Waals surface area contributed by atoms with Gasteiger partial charge in [0.15, 0.2) is 5.65 Å². The Hall–Kier alpha value is -1.78. The van der Waals surface area contributed by atoms with E-state index in [-0.39, 0.29) is 0 Å². The monoisotopic (exact) mass is 164 g/mol. The molecule has 0 atom stereocenters. The minimum atomic E-state index is 0.454. The Bertz CT molecular complexity index is 409. The number of methoxy groups -OCH3 is 1. The topological polar surface area (TPSA) is 65.4 Å². The van der Waals surface area contributed by atoms with Crippen molar-refractivity contribution in [3.05, 3.63) is 18.3 Å². The van der Waals surface area contributed by atoms with Crippen LogP contribution >= 0.6 is 0 Å². The van der Waals surface area contributed by atoms with Gasteiger partial charge in [0.1, 0.15) is 5.82 Å². The van der Waals surface area contributed by atoms with Crippen LogP contribution in [0.2, 0.25) is 0 Å². The summed E-state index contributed by atoms with van der Waals surface area (Å²) in [7, 11) is 1.56. The smallest absolute Gasteiger partial charge is 0.231 e. The summed E-state index contributed by atoms with van der Waals surface area (Å²) in [6.07, 6.45) is 1.64. The molecular formula is C7H8N4O. The minimum absolute atomic E-state index is 0.454. The van der Waals surface area contributed by atoms with Gasteiger partial charge >= 0.3 is 0 Å². The molecule has 2 heterocycles. The predicted molar refractivity (Wildman–Crippen MR) is 44.0 cm³/mol. The first-order chi connectivity index (χ1) is 5.79. The second kappa shape index (κ2) is 2.37. The lowest BCUT2D eigenvalue weighted by Crippen LogP contribution is -1.93. The maximum Gasteiger partial charge on any atom is 0.231 e. The number of ether oxygens (including phenoxy) is 1. The Morgan fingerprint density at radius 1 is 1.50 bits per heavy atom. The summed E-state index contributed by atoms with van der Waals surface area (Å²) >= 11 is 0. The molecule has 0 aliphatic heterocycles. The van der Waals surface area contributed by atoms with Crippen molar-refractivity contribution in [2.24, 2.45) is 0 Å². The molecule has 0 aliphatic rings. The molecule has 2 N–H and O–H groups in total. The summed E-state index contributed by atoms with van der Waals surface area (Å²) in [5.41, 5.74) is 6.19. The zero-order valence-electron chi connectivity index (χ0n) is 6.56. The van der Waals surface area contributed by atoms with Gasteiger partial charge in [0, 0.05) is 6.07 Å². The lowest BCUT2D eigenvalue weighted by molar-refractivity contribution is 0.390. The number of nitrogens with zero attached hydrogens (tertiary/aromatic N) is 3. The van der Waals surface area contributed by atoms with Crippen LogP contribution in [0.1, 0.15) is 0 Å². The number of aromatic nitrogens is 3. The number of anilines is 1. The quantitative estimate of drug-likeness (QED) is 0.659. The lowest BCUT2D eigenvalue weighted by atomic mass is 10.5. The Labute approximate surface area is 68.8 Å². The van der Waals surface area contributed by atoms with Gasteiger partial charge in [-0.05, 0) is 6.07 Å². The molecule has 2 aromatic rings. The summed E-state index contributed by atoms with van der Waals surface area (Å²) in [6.45, 7) is 0. The molecule has 5 heteroatoms. The molecule has 62 valence electrons. The molecule has 0 fully saturated rings. The first kappa shape index (κ1) is 6.90. The second-order valence-electron chi connectivity index (χ2n) is 2.34. The van der Waals surface area contributed by atoms with Crippen LogP contribution in [0.5, 0.6) is 5.88 Å². The summed E-state index contributed by atoms with van der Waals surface area (Å²) in [6, 6.07) is 3.53. The van der Waals surface area contributed by atoms with E-state index in [0.717, 1.165) is 0 Å². The zero-order chi connectivity index (χ0) is 8.55. The van der Waals surface area contributed by atoms with Gasteiger partial charge < -0.3 is 10.5 Å². The van der Waals surface area contributed by atoms with E-state index in [0.29, 0.717) is 17.3 Å². The zero-order valence-corrected chi connectivity index (χ0v) is 6.56. The van der Waals surface area contributed by atoms with Crippen molar-refractivity contribution in [3.8, 4) is 5.88 Å². The Kier molecular flexibility index (Phi) is 1.36. The molecule has 0 amide bonds.